The zero-order valence-corrected chi connectivity index (χ0v) is 10.9. The van der Waals surface area contributed by atoms with Crippen molar-refractivity contribution in [2.24, 2.45) is 11.7 Å². The van der Waals surface area contributed by atoms with E-state index in [-0.39, 0.29) is 17.9 Å². The predicted molar refractivity (Wildman–Crippen MR) is 70.9 cm³/mol. The predicted octanol–water partition coefficient (Wildman–Crippen LogP) is 1.21. The molecule has 4 nitrogen and oxygen atoms in total. The third-order valence-corrected chi connectivity index (χ3v) is 3.69. The van der Waals surface area contributed by atoms with Crippen molar-refractivity contribution in [2.45, 2.75) is 31.7 Å². The number of rotatable bonds is 4. The van der Waals surface area contributed by atoms with Gasteiger partial charge in [0.25, 0.3) is 0 Å². The Morgan fingerprint density at radius 3 is 2.94 bits per heavy atom. The number of pyridine rings is 1. The van der Waals surface area contributed by atoms with Gasteiger partial charge < -0.3 is 10.6 Å². The summed E-state index contributed by atoms with van der Waals surface area (Å²) in [5.74, 6) is 0.217. The standard InChI is InChI=1S/C14H21N3O/c1-17(10-8-11-5-2-3-9-16-11)14(18)12-6-4-7-13(12)15/h2-3,5,9,12-13H,4,6-8,10,15H2,1H3. The Labute approximate surface area is 108 Å². The van der Waals surface area contributed by atoms with Gasteiger partial charge >= 0.3 is 0 Å². The first-order chi connectivity index (χ1) is 8.68. The van der Waals surface area contributed by atoms with Crippen LogP contribution in [0.5, 0.6) is 0 Å². The highest BCUT2D eigenvalue weighted by atomic mass is 16.2. The number of hydrogen-bond acceptors (Lipinski definition) is 3. The van der Waals surface area contributed by atoms with Gasteiger partial charge in [0.1, 0.15) is 0 Å². The first kappa shape index (κ1) is 13.0. The normalized spacial score (nSPS) is 23.0. The summed E-state index contributed by atoms with van der Waals surface area (Å²) in [7, 11) is 1.86. The van der Waals surface area contributed by atoms with Crippen molar-refractivity contribution in [1.82, 2.24) is 9.88 Å². The van der Waals surface area contributed by atoms with Gasteiger partial charge in [0.15, 0.2) is 0 Å². The van der Waals surface area contributed by atoms with Gasteiger partial charge in [0.05, 0.1) is 5.92 Å². The van der Waals surface area contributed by atoms with Crippen molar-refractivity contribution >= 4 is 5.91 Å². The molecule has 2 atom stereocenters. The minimum absolute atomic E-state index is 0.0266. The molecule has 0 bridgehead atoms. The zero-order valence-electron chi connectivity index (χ0n) is 10.9. The molecule has 0 spiro atoms. The van der Waals surface area contributed by atoms with Crippen LogP contribution in [-0.2, 0) is 11.2 Å². The number of aromatic nitrogens is 1. The largest absolute Gasteiger partial charge is 0.345 e. The Bertz CT molecular complexity index is 393. The highest BCUT2D eigenvalue weighted by Gasteiger charge is 2.31. The van der Waals surface area contributed by atoms with E-state index in [2.05, 4.69) is 4.98 Å². The lowest BCUT2D eigenvalue weighted by atomic mass is 10.0. The Morgan fingerprint density at radius 2 is 2.33 bits per heavy atom. The first-order valence-electron chi connectivity index (χ1n) is 6.59. The topological polar surface area (TPSA) is 59.2 Å². The van der Waals surface area contributed by atoms with Crippen molar-refractivity contribution < 1.29 is 4.79 Å². The van der Waals surface area contributed by atoms with Crippen molar-refractivity contribution in [3.63, 3.8) is 0 Å². The number of carbonyl (C=O) groups is 1. The second-order valence-electron chi connectivity index (χ2n) is 5.03. The third-order valence-electron chi connectivity index (χ3n) is 3.69. The quantitative estimate of drug-likeness (QED) is 0.870. The van der Waals surface area contributed by atoms with E-state index in [1.807, 2.05) is 25.2 Å². The molecule has 0 radical (unpaired) electrons. The van der Waals surface area contributed by atoms with E-state index in [0.717, 1.165) is 31.4 Å². The molecule has 1 heterocycles. The van der Waals surface area contributed by atoms with E-state index in [1.165, 1.54) is 0 Å². The molecule has 0 aliphatic heterocycles. The Morgan fingerprint density at radius 1 is 1.50 bits per heavy atom. The molecule has 1 fully saturated rings. The lowest BCUT2D eigenvalue weighted by Crippen LogP contribution is -2.40. The number of nitrogens with two attached hydrogens (primary N) is 1. The zero-order chi connectivity index (χ0) is 13.0. The van der Waals surface area contributed by atoms with E-state index in [4.69, 9.17) is 5.73 Å². The number of nitrogens with zero attached hydrogens (tertiary/aromatic N) is 2. The van der Waals surface area contributed by atoms with Gasteiger partial charge in [-0.3, -0.25) is 9.78 Å². The lowest BCUT2D eigenvalue weighted by Gasteiger charge is -2.23. The molecular formula is C14H21N3O. The molecule has 2 N–H and O–H groups in total. The second kappa shape index (κ2) is 5.96. The summed E-state index contributed by atoms with van der Waals surface area (Å²) in [4.78, 5) is 18.3. The van der Waals surface area contributed by atoms with Crippen molar-refractivity contribution in [3.8, 4) is 0 Å². The number of likely N-dealkylation sites (N-methyl/N-ethyl adjacent to an activating group) is 1. The minimum Gasteiger partial charge on any atom is -0.345 e. The molecule has 1 aromatic heterocycles. The van der Waals surface area contributed by atoms with Crippen LogP contribution in [0.4, 0.5) is 0 Å². The van der Waals surface area contributed by atoms with Crippen LogP contribution in [-0.4, -0.2) is 35.4 Å². The van der Waals surface area contributed by atoms with Gasteiger partial charge in [-0.1, -0.05) is 12.5 Å². The van der Waals surface area contributed by atoms with Gasteiger partial charge in [0, 0.05) is 37.9 Å². The van der Waals surface area contributed by atoms with Gasteiger partial charge in [-0.15, -0.1) is 0 Å². The molecule has 98 valence electrons. The molecule has 0 aromatic carbocycles. The molecular weight excluding hydrogens is 226 g/mol. The molecule has 1 aliphatic rings. The summed E-state index contributed by atoms with van der Waals surface area (Å²) >= 11 is 0. The highest BCUT2D eigenvalue weighted by molar-refractivity contribution is 5.79. The van der Waals surface area contributed by atoms with Gasteiger partial charge in [-0.2, -0.15) is 0 Å². The van der Waals surface area contributed by atoms with Crippen LogP contribution in [0.15, 0.2) is 24.4 Å². The maximum Gasteiger partial charge on any atom is 0.226 e. The van der Waals surface area contributed by atoms with Crippen LogP contribution >= 0.6 is 0 Å². The fourth-order valence-corrected chi connectivity index (χ4v) is 2.52. The Balaban J connectivity index is 1.84. The summed E-state index contributed by atoms with van der Waals surface area (Å²) in [6.45, 7) is 0.707. The molecule has 18 heavy (non-hydrogen) atoms. The van der Waals surface area contributed by atoms with Crippen LogP contribution in [0.2, 0.25) is 0 Å². The van der Waals surface area contributed by atoms with E-state index in [0.29, 0.717) is 6.54 Å². The molecule has 2 unspecified atom stereocenters. The number of hydrogen-bond donors (Lipinski definition) is 1. The van der Waals surface area contributed by atoms with E-state index >= 15 is 0 Å². The highest BCUT2D eigenvalue weighted by Crippen LogP contribution is 2.25. The number of carbonyl (C=O) groups excluding carboxylic acids is 1. The first-order valence-corrected chi connectivity index (χ1v) is 6.59. The SMILES string of the molecule is CN(CCc1ccccn1)C(=O)C1CCCC1N. The average molecular weight is 247 g/mol. The molecule has 1 amide bonds. The molecule has 0 saturated heterocycles. The average Bonchev–Trinajstić information content (AvgIpc) is 2.82. The summed E-state index contributed by atoms with van der Waals surface area (Å²) in [6.07, 6.45) is 5.57. The fraction of sp³-hybridized carbons (Fsp3) is 0.571. The molecule has 1 saturated carbocycles. The maximum absolute atomic E-state index is 12.2. The molecule has 2 rings (SSSR count). The van der Waals surface area contributed by atoms with Crippen molar-refractivity contribution in [3.05, 3.63) is 30.1 Å². The second-order valence-corrected chi connectivity index (χ2v) is 5.03. The summed E-state index contributed by atoms with van der Waals surface area (Å²) in [6, 6.07) is 5.90. The molecule has 4 heteroatoms. The third kappa shape index (κ3) is 3.07. The van der Waals surface area contributed by atoms with E-state index in [9.17, 15) is 4.79 Å². The van der Waals surface area contributed by atoms with Crippen LogP contribution in [0.3, 0.4) is 0 Å². The fourth-order valence-electron chi connectivity index (χ4n) is 2.52. The van der Waals surface area contributed by atoms with Crippen molar-refractivity contribution in [2.75, 3.05) is 13.6 Å². The number of amides is 1. The maximum atomic E-state index is 12.2. The molecule has 1 aliphatic carbocycles. The van der Waals surface area contributed by atoms with Crippen LogP contribution < -0.4 is 5.73 Å². The smallest absolute Gasteiger partial charge is 0.226 e. The summed E-state index contributed by atoms with van der Waals surface area (Å²) in [5.41, 5.74) is 6.99. The van der Waals surface area contributed by atoms with Gasteiger partial charge in [-0.25, -0.2) is 0 Å². The van der Waals surface area contributed by atoms with Crippen molar-refractivity contribution in [1.29, 1.82) is 0 Å². The minimum atomic E-state index is 0.0266. The van der Waals surface area contributed by atoms with Crippen LogP contribution in [0.25, 0.3) is 0 Å². The Hall–Kier alpha value is -1.42. The van der Waals surface area contributed by atoms with Crippen LogP contribution in [0, 0.1) is 5.92 Å². The van der Waals surface area contributed by atoms with E-state index in [1.54, 1.807) is 11.1 Å². The molecule has 1 aromatic rings. The van der Waals surface area contributed by atoms with Gasteiger partial charge in [-0.05, 0) is 25.0 Å². The van der Waals surface area contributed by atoms with Gasteiger partial charge in [0.2, 0.25) is 5.91 Å². The Kier molecular flexibility index (Phi) is 4.31. The lowest BCUT2D eigenvalue weighted by molar-refractivity contribution is -0.134. The summed E-state index contributed by atoms with van der Waals surface area (Å²) < 4.78 is 0. The summed E-state index contributed by atoms with van der Waals surface area (Å²) in [5, 5.41) is 0. The van der Waals surface area contributed by atoms with E-state index < -0.39 is 0 Å². The monoisotopic (exact) mass is 247 g/mol. The van der Waals surface area contributed by atoms with Crippen LogP contribution in [0.1, 0.15) is 25.0 Å².